The second-order valence-corrected chi connectivity index (χ2v) is 6.21. The van der Waals surface area contributed by atoms with E-state index < -0.39 is 5.82 Å². The molecule has 3 rings (SSSR count). The summed E-state index contributed by atoms with van der Waals surface area (Å²) in [7, 11) is 0. The molecule has 0 bridgehead atoms. The number of nitrogens with zero attached hydrogens (tertiary/aromatic N) is 3. The maximum absolute atomic E-state index is 13.7. The van der Waals surface area contributed by atoms with Crippen LogP contribution in [0.2, 0.25) is 0 Å². The van der Waals surface area contributed by atoms with Crippen LogP contribution in [-0.2, 0) is 6.54 Å². The van der Waals surface area contributed by atoms with Crippen molar-refractivity contribution in [1.29, 1.82) is 0 Å². The Morgan fingerprint density at radius 3 is 2.62 bits per heavy atom. The molecule has 6 heteroatoms. The number of hydrogen-bond acceptors (Lipinski definition) is 3. The van der Waals surface area contributed by atoms with Crippen LogP contribution in [0, 0.1) is 18.7 Å². The molecule has 126 valence electrons. The average molecular weight is 329 g/mol. The monoisotopic (exact) mass is 329 g/mol. The van der Waals surface area contributed by atoms with Gasteiger partial charge in [0.1, 0.15) is 5.82 Å². The molecule has 5 nitrogen and oxygen atoms in total. The molecule has 0 radical (unpaired) electrons. The second kappa shape index (κ2) is 6.95. The molecule has 0 atom stereocenters. The quantitative estimate of drug-likeness (QED) is 0.868. The Kier molecular flexibility index (Phi) is 4.74. The predicted molar refractivity (Wildman–Crippen MR) is 88.3 cm³/mol. The smallest absolute Gasteiger partial charge is 0.266 e. The first-order valence-electron chi connectivity index (χ1n) is 8.13. The summed E-state index contributed by atoms with van der Waals surface area (Å²) in [5, 5.41) is 4.25. The van der Waals surface area contributed by atoms with Gasteiger partial charge in [-0.05, 0) is 43.9 Å². The molecule has 1 aromatic heterocycles. The lowest BCUT2D eigenvalue weighted by Crippen LogP contribution is -2.40. The van der Waals surface area contributed by atoms with Gasteiger partial charge in [-0.25, -0.2) is 9.07 Å². The average Bonchev–Trinajstić information content (AvgIpc) is 2.59. The summed E-state index contributed by atoms with van der Waals surface area (Å²) in [5.74, 6) is -0.459. The molecule has 0 aliphatic carbocycles. The Balaban J connectivity index is 1.62. The molecule has 0 N–H and O–H groups in total. The first kappa shape index (κ1) is 16.4. The van der Waals surface area contributed by atoms with E-state index in [1.165, 1.54) is 22.9 Å². The molecule has 1 amide bonds. The molecule has 1 saturated heterocycles. The highest BCUT2D eigenvalue weighted by molar-refractivity contribution is 5.94. The summed E-state index contributed by atoms with van der Waals surface area (Å²) in [6.07, 6.45) is 1.56. The molecule has 1 aliphatic heterocycles. The van der Waals surface area contributed by atoms with Crippen LogP contribution in [0.4, 0.5) is 4.39 Å². The number of carbonyl (C=O) groups is 1. The van der Waals surface area contributed by atoms with Gasteiger partial charge in [0.25, 0.3) is 11.5 Å². The lowest BCUT2D eigenvalue weighted by molar-refractivity contribution is 0.0675. The zero-order chi connectivity index (χ0) is 17.1. The third-order valence-electron chi connectivity index (χ3n) is 4.44. The summed E-state index contributed by atoms with van der Waals surface area (Å²) in [6, 6.07) is 9.29. The van der Waals surface area contributed by atoms with Crippen molar-refractivity contribution < 1.29 is 9.18 Å². The number of likely N-dealkylation sites (tertiary alicyclic amines) is 1. The highest BCUT2D eigenvalue weighted by Gasteiger charge is 2.25. The highest BCUT2D eigenvalue weighted by atomic mass is 19.1. The van der Waals surface area contributed by atoms with Crippen molar-refractivity contribution in [1.82, 2.24) is 14.7 Å². The van der Waals surface area contributed by atoms with Crippen LogP contribution in [0.25, 0.3) is 0 Å². The van der Waals surface area contributed by atoms with E-state index in [-0.39, 0.29) is 17.0 Å². The number of aromatic nitrogens is 2. The zero-order valence-electron chi connectivity index (χ0n) is 13.6. The van der Waals surface area contributed by atoms with Crippen LogP contribution in [0.5, 0.6) is 0 Å². The van der Waals surface area contributed by atoms with Gasteiger partial charge in [-0.3, -0.25) is 9.59 Å². The van der Waals surface area contributed by atoms with Gasteiger partial charge in [0, 0.05) is 25.7 Å². The van der Waals surface area contributed by atoms with E-state index in [4.69, 9.17) is 0 Å². The van der Waals surface area contributed by atoms with E-state index in [1.807, 2.05) is 6.92 Å². The van der Waals surface area contributed by atoms with Gasteiger partial charge < -0.3 is 4.90 Å². The molecule has 1 aromatic carbocycles. The Morgan fingerprint density at radius 2 is 1.92 bits per heavy atom. The zero-order valence-corrected chi connectivity index (χ0v) is 13.6. The van der Waals surface area contributed by atoms with Crippen molar-refractivity contribution in [3.05, 3.63) is 63.8 Å². The summed E-state index contributed by atoms with van der Waals surface area (Å²) < 4.78 is 15.2. The Hall–Kier alpha value is -2.50. The predicted octanol–water partition coefficient (Wildman–Crippen LogP) is 2.24. The minimum absolute atomic E-state index is 0.106. The summed E-state index contributed by atoms with van der Waals surface area (Å²) in [5.41, 5.74) is 0.819. The fourth-order valence-electron chi connectivity index (χ4n) is 3.05. The Labute approximate surface area is 139 Å². The van der Waals surface area contributed by atoms with Gasteiger partial charge in [0.2, 0.25) is 0 Å². The summed E-state index contributed by atoms with van der Waals surface area (Å²) >= 11 is 0. The fourth-order valence-corrected chi connectivity index (χ4v) is 3.05. The Morgan fingerprint density at radius 1 is 1.21 bits per heavy atom. The number of carbonyl (C=O) groups excluding carboxylic acids is 1. The Bertz CT molecular complexity index is 795. The number of hydrogen-bond donors (Lipinski definition) is 0. The van der Waals surface area contributed by atoms with E-state index in [9.17, 15) is 14.0 Å². The van der Waals surface area contributed by atoms with Crippen molar-refractivity contribution in [2.24, 2.45) is 5.92 Å². The van der Waals surface area contributed by atoms with Gasteiger partial charge in [-0.2, -0.15) is 5.10 Å². The third kappa shape index (κ3) is 3.53. The molecule has 0 saturated carbocycles. The lowest BCUT2D eigenvalue weighted by Gasteiger charge is -2.32. The highest BCUT2D eigenvalue weighted by Crippen LogP contribution is 2.21. The summed E-state index contributed by atoms with van der Waals surface area (Å²) in [4.78, 5) is 25.9. The maximum Gasteiger partial charge on any atom is 0.266 e. The first-order chi connectivity index (χ1) is 11.5. The van der Waals surface area contributed by atoms with Crippen LogP contribution < -0.4 is 5.56 Å². The van der Waals surface area contributed by atoms with Crippen LogP contribution in [0.3, 0.4) is 0 Å². The van der Waals surface area contributed by atoms with Crippen molar-refractivity contribution in [2.45, 2.75) is 26.3 Å². The normalized spacial score (nSPS) is 15.5. The third-order valence-corrected chi connectivity index (χ3v) is 4.44. The topological polar surface area (TPSA) is 55.2 Å². The number of benzene rings is 1. The van der Waals surface area contributed by atoms with E-state index in [0.717, 1.165) is 18.5 Å². The molecule has 2 heterocycles. The minimum Gasteiger partial charge on any atom is -0.339 e. The molecule has 1 fully saturated rings. The van der Waals surface area contributed by atoms with E-state index in [0.29, 0.717) is 25.6 Å². The molecule has 0 unspecified atom stereocenters. The molecule has 1 aliphatic rings. The van der Waals surface area contributed by atoms with Crippen LogP contribution >= 0.6 is 0 Å². The van der Waals surface area contributed by atoms with E-state index >= 15 is 0 Å². The number of piperidine rings is 1. The van der Waals surface area contributed by atoms with Gasteiger partial charge in [-0.1, -0.05) is 12.1 Å². The van der Waals surface area contributed by atoms with Crippen molar-refractivity contribution >= 4 is 5.91 Å². The molecule has 0 spiro atoms. The number of aryl methyl sites for hydroxylation is 1. The second-order valence-electron chi connectivity index (χ2n) is 6.21. The first-order valence-corrected chi connectivity index (χ1v) is 8.13. The largest absolute Gasteiger partial charge is 0.339 e. The standard InChI is InChI=1S/C18H20FN3O2/c1-13-6-7-17(23)22(20-13)12-14-8-10-21(11-9-14)18(24)15-4-2-3-5-16(15)19/h2-7,14H,8-12H2,1H3. The number of halogens is 1. The summed E-state index contributed by atoms with van der Waals surface area (Å²) in [6.45, 7) is 3.55. The van der Waals surface area contributed by atoms with Crippen molar-refractivity contribution in [3.63, 3.8) is 0 Å². The number of rotatable bonds is 3. The van der Waals surface area contributed by atoms with Gasteiger partial charge in [-0.15, -0.1) is 0 Å². The SMILES string of the molecule is Cc1ccc(=O)n(CC2CCN(C(=O)c3ccccc3F)CC2)n1. The molecular weight excluding hydrogens is 309 g/mol. The van der Waals surface area contributed by atoms with Crippen molar-refractivity contribution in [2.75, 3.05) is 13.1 Å². The van der Waals surface area contributed by atoms with E-state index in [1.54, 1.807) is 23.1 Å². The fraction of sp³-hybridized carbons (Fsp3) is 0.389. The maximum atomic E-state index is 13.7. The molecule has 24 heavy (non-hydrogen) atoms. The number of amides is 1. The minimum atomic E-state index is -0.486. The van der Waals surface area contributed by atoms with Crippen LogP contribution in [-0.4, -0.2) is 33.7 Å². The van der Waals surface area contributed by atoms with Gasteiger partial charge >= 0.3 is 0 Å². The van der Waals surface area contributed by atoms with Crippen molar-refractivity contribution in [3.8, 4) is 0 Å². The van der Waals surface area contributed by atoms with Gasteiger partial charge in [0.05, 0.1) is 11.3 Å². The lowest BCUT2D eigenvalue weighted by atomic mass is 9.96. The molecule has 2 aromatic rings. The van der Waals surface area contributed by atoms with E-state index in [2.05, 4.69) is 5.10 Å². The molecular formula is C18H20FN3O2. The van der Waals surface area contributed by atoms with Crippen LogP contribution in [0.1, 0.15) is 28.9 Å². The van der Waals surface area contributed by atoms with Gasteiger partial charge in [0.15, 0.2) is 0 Å². The van der Waals surface area contributed by atoms with Crippen LogP contribution in [0.15, 0.2) is 41.2 Å².